The number of esters is 1. The molecule has 3 atom stereocenters. The molecule has 3 aromatic rings. The summed E-state index contributed by atoms with van der Waals surface area (Å²) in [4.78, 5) is 31.3. The zero-order valence-electron chi connectivity index (χ0n) is 16.2. The number of aromatic hydroxyl groups is 1. The lowest BCUT2D eigenvalue weighted by atomic mass is 9.81. The van der Waals surface area contributed by atoms with Crippen LogP contribution in [0.1, 0.15) is 24.1 Å². The molecule has 0 saturated carbocycles. The average molecular weight is 422 g/mol. The molecule has 7 nitrogen and oxygen atoms in total. The minimum absolute atomic E-state index is 0.153. The Balaban J connectivity index is 1.79. The normalized spacial score (nSPS) is 24.3. The van der Waals surface area contributed by atoms with Crippen molar-refractivity contribution in [1.29, 1.82) is 0 Å². The summed E-state index contributed by atoms with van der Waals surface area (Å²) in [6.07, 6.45) is 1.75. The molecule has 152 valence electrons. The number of carbonyl (C=O) groups excluding carboxylic acids is 1. The number of hydrogen-bond donors (Lipinski definition) is 1. The number of aromatic nitrogens is 1. The van der Waals surface area contributed by atoms with Crippen LogP contribution in [-0.2, 0) is 9.53 Å². The fourth-order valence-electron chi connectivity index (χ4n) is 4.15. The van der Waals surface area contributed by atoms with Crippen molar-refractivity contribution < 1.29 is 19.4 Å². The Labute approximate surface area is 175 Å². The van der Waals surface area contributed by atoms with Gasteiger partial charge in [-0.2, -0.15) is 0 Å². The first-order valence-corrected chi connectivity index (χ1v) is 10.2. The molecule has 0 aliphatic carbocycles. The van der Waals surface area contributed by atoms with Gasteiger partial charge in [-0.3, -0.25) is 14.2 Å². The molecule has 2 aliphatic rings. The smallest absolute Gasteiger partial charge is 0.317 e. The van der Waals surface area contributed by atoms with Crippen molar-refractivity contribution >= 4 is 23.4 Å². The third-order valence-electron chi connectivity index (χ3n) is 5.53. The summed E-state index contributed by atoms with van der Waals surface area (Å²) < 4.78 is 13.3. The van der Waals surface area contributed by atoms with Gasteiger partial charge in [-0.05, 0) is 36.8 Å². The molecule has 2 aliphatic heterocycles. The molecule has 5 rings (SSSR count). The highest BCUT2D eigenvalue weighted by atomic mass is 32.1. The van der Waals surface area contributed by atoms with Crippen LogP contribution in [0.4, 0.5) is 0 Å². The Morgan fingerprint density at radius 1 is 1.27 bits per heavy atom. The summed E-state index contributed by atoms with van der Waals surface area (Å²) in [6.45, 7) is 1.74. The first kappa shape index (κ1) is 18.6. The van der Waals surface area contributed by atoms with E-state index < -0.39 is 23.7 Å². The molecule has 1 aromatic heterocycles. The van der Waals surface area contributed by atoms with Crippen LogP contribution in [0.3, 0.4) is 0 Å². The van der Waals surface area contributed by atoms with Gasteiger partial charge in [0.2, 0.25) is 5.72 Å². The zero-order valence-corrected chi connectivity index (χ0v) is 17.1. The number of rotatable bonds is 2. The maximum atomic E-state index is 13.4. The Morgan fingerprint density at radius 3 is 2.73 bits per heavy atom. The number of para-hydroxylation sites is 1. The second kappa shape index (κ2) is 6.56. The number of ether oxygens (including phenoxy) is 2. The van der Waals surface area contributed by atoms with Gasteiger partial charge in [0.25, 0.3) is 5.56 Å². The summed E-state index contributed by atoms with van der Waals surface area (Å²) in [5.74, 6) is -0.519. The van der Waals surface area contributed by atoms with Gasteiger partial charge in [-0.15, -0.1) is 0 Å². The molecule has 0 radical (unpaired) electrons. The van der Waals surface area contributed by atoms with Gasteiger partial charge in [0, 0.05) is 5.56 Å². The minimum atomic E-state index is -1.18. The van der Waals surface area contributed by atoms with E-state index in [0.717, 1.165) is 11.1 Å². The first-order chi connectivity index (χ1) is 14.4. The molecule has 0 amide bonds. The highest BCUT2D eigenvalue weighted by Crippen LogP contribution is 2.47. The number of carbonyl (C=O) groups is 1. The minimum Gasteiger partial charge on any atom is -0.508 e. The van der Waals surface area contributed by atoms with Crippen molar-refractivity contribution in [1.82, 2.24) is 4.57 Å². The van der Waals surface area contributed by atoms with Gasteiger partial charge in [0.15, 0.2) is 4.80 Å². The predicted molar refractivity (Wildman–Crippen MR) is 110 cm³/mol. The molecule has 1 N–H and O–H groups in total. The Morgan fingerprint density at radius 2 is 2.00 bits per heavy atom. The summed E-state index contributed by atoms with van der Waals surface area (Å²) in [6, 6.07) is 13.4. The number of phenols is 1. The van der Waals surface area contributed by atoms with Gasteiger partial charge in [-0.25, -0.2) is 4.99 Å². The van der Waals surface area contributed by atoms with Crippen LogP contribution in [0, 0.1) is 5.92 Å². The maximum Gasteiger partial charge on any atom is 0.317 e. The monoisotopic (exact) mass is 422 g/mol. The fourth-order valence-corrected chi connectivity index (χ4v) is 5.25. The molecule has 2 bridgehead atoms. The van der Waals surface area contributed by atoms with Crippen molar-refractivity contribution in [3.63, 3.8) is 0 Å². The Kier molecular flexibility index (Phi) is 4.08. The second-order valence-corrected chi connectivity index (χ2v) is 8.42. The van der Waals surface area contributed by atoms with E-state index in [9.17, 15) is 14.7 Å². The van der Waals surface area contributed by atoms with E-state index >= 15 is 0 Å². The van der Waals surface area contributed by atoms with Crippen molar-refractivity contribution in [2.75, 3.05) is 7.11 Å². The van der Waals surface area contributed by atoms with Gasteiger partial charge >= 0.3 is 5.97 Å². The summed E-state index contributed by atoms with van der Waals surface area (Å²) in [7, 11) is 1.32. The number of methoxy groups -OCH3 is 1. The van der Waals surface area contributed by atoms with Crippen LogP contribution in [-0.4, -0.2) is 28.5 Å². The molecule has 2 aromatic carbocycles. The second-order valence-electron chi connectivity index (χ2n) is 7.41. The quantitative estimate of drug-likeness (QED) is 0.633. The molecule has 0 fully saturated rings. The Hall–Kier alpha value is -3.39. The van der Waals surface area contributed by atoms with Crippen molar-refractivity contribution in [3.8, 4) is 11.5 Å². The summed E-state index contributed by atoms with van der Waals surface area (Å²) in [5, 5.41) is 9.49. The lowest BCUT2D eigenvalue weighted by molar-refractivity contribution is -0.158. The van der Waals surface area contributed by atoms with Crippen LogP contribution < -0.4 is 19.6 Å². The summed E-state index contributed by atoms with van der Waals surface area (Å²) in [5.41, 5.74) is 0.112. The number of thiazole rings is 1. The molecule has 3 unspecified atom stereocenters. The van der Waals surface area contributed by atoms with Gasteiger partial charge < -0.3 is 14.6 Å². The first-order valence-electron chi connectivity index (χ1n) is 9.39. The van der Waals surface area contributed by atoms with Crippen LogP contribution in [0.5, 0.6) is 11.5 Å². The number of hydrogen-bond acceptors (Lipinski definition) is 7. The SMILES string of the molecule is COC(=O)C1C2c3ccccc3OC1(C)N=c1s/c(=C\c3ccc(O)cc3)c(=O)n12. The fraction of sp³-hybridized carbons (Fsp3) is 0.227. The van der Waals surface area contributed by atoms with Gasteiger partial charge in [0.05, 0.1) is 17.7 Å². The molecule has 3 heterocycles. The van der Waals surface area contributed by atoms with E-state index in [0.29, 0.717) is 15.1 Å². The topological polar surface area (TPSA) is 90.1 Å². The molecule has 8 heteroatoms. The van der Waals surface area contributed by atoms with Crippen LogP contribution in [0.2, 0.25) is 0 Å². The lowest BCUT2D eigenvalue weighted by Crippen LogP contribution is -2.58. The average Bonchev–Trinajstić information content (AvgIpc) is 3.02. The van der Waals surface area contributed by atoms with Gasteiger partial charge in [0.1, 0.15) is 17.4 Å². The third-order valence-corrected chi connectivity index (χ3v) is 6.51. The van der Waals surface area contributed by atoms with E-state index in [1.54, 1.807) is 41.8 Å². The van der Waals surface area contributed by atoms with Crippen molar-refractivity contribution in [3.05, 3.63) is 79.3 Å². The number of fused-ring (bicyclic) bond motifs is 6. The highest BCUT2D eigenvalue weighted by Gasteiger charge is 2.55. The van der Waals surface area contributed by atoms with Crippen LogP contribution in [0.25, 0.3) is 6.08 Å². The number of phenolic OH excluding ortho intramolecular Hbond substituents is 1. The summed E-state index contributed by atoms with van der Waals surface area (Å²) >= 11 is 1.25. The zero-order chi connectivity index (χ0) is 21.0. The van der Waals surface area contributed by atoms with E-state index in [-0.39, 0.29) is 11.3 Å². The number of benzene rings is 2. The van der Waals surface area contributed by atoms with Crippen LogP contribution in [0.15, 0.2) is 58.3 Å². The molecular weight excluding hydrogens is 404 g/mol. The van der Waals surface area contributed by atoms with E-state index in [2.05, 4.69) is 4.99 Å². The van der Waals surface area contributed by atoms with Crippen molar-refractivity contribution in [2.45, 2.75) is 18.7 Å². The largest absolute Gasteiger partial charge is 0.508 e. The molecule has 30 heavy (non-hydrogen) atoms. The third kappa shape index (κ3) is 2.68. The van der Waals surface area contributed by atoms with E-state index in [1.165, 1.54) is 18.4 Å². The predicted octanol–water partition coefficient (Wildman–Crippen LogP) is 1.56. The molecule has 0 spiro atoms. The highest BCUT2D eigenvalue weighted by molar-refractivity contribution is 7.07. The standard InChI is InChI=1S/C22H18N2O5S/c1-22-17(20(27)28-2)18(14-5-3-4-6-15(14)29-22)24-19(26)16(30-21(24)23-22)11-12-7-9-13(25)10-8-12/h3-11,17-18,25H,1-2H3/b16-11-. The van der Waals surface area contributed by atoms with E-state index in [4.69, 9.17) is 9.47 Å². The van der Waals surface area contributed by atoms with Gasteiger partial charge in [-0.1, -0.05) is 41.7 Å². The lowest BCUT2D eigenvalue weighted by Gasteiger charge is -2.44. The van der Waals surface area contributed by atoms with E-state index in [1.807, 2.05) is 24.3 Å². The van der Waals surface area contributed by atoms with Crippen LogP contribution >= 0.6 is 11.3 Å². The molecular formula is C22H18N2O5S. The number of nitrogens with zero attached hydrogens (tertiary/aromatic N) is 2. The van der Waals surface area contributed by atoms with Crippen molar-refractivity contribution in [2.24, 2.45) is 10.9 Å². The molecule has 0 saturated heterocycles. The Bertz CT molecular complexity index is 1340. The maximum absolute atomic E-state index is 13.4.